The van der Waals surface area contributed by atoms with Crippen LogP contribution in [0.1, 0.15) is 74.8 Å². The quantitative estimate of drug-likeness (QED) is 0.589. The van der Waals surface area contributed by atoms with Crippen LogP contribution in [0.4, 0.5) is 0 Å². The van der Waals surface area contributed by atoms with Crippen molar-refractivity contribution >= 4 is 9.24 Å². The van der Waals surface area contributed by atoms with Crippen LogP contribution in [0.15, 0.2) is 6.20 Å². The second-order valence-corrected chi connectivity index (χ2v) is 6.99. The highest BCUT2D eigenvalue weighted by Crippen LogP contribution is 2.38. The summed E-state index contributed by atoms with van der Waals surface area (Å²) < 4.78 is 5.17. The summed E-state index contributed by atoms with van der Waals surface area (Å²) in [4.78, 5) is 0. The first-order valence-corrected chi connectivity index (χ1v) is 8.92. The Morgan fingerprint density at radius 1 is 1.16 bits per heavy atom. The molecule has 0 radical (unpaired) electrons. The topological polar surface area (TPSA) is 8.81 Å². The molecule has 2 saturated carbocycles. The van der Waals surface area contributed by atoms with Gasteiger partial charge in [0.2, 0.25) is 0 Å². The molecule has 19 heavy (non-hydrogen) atoms. The number of aryl methyl sites for hydroxylation is 1. The lowest BCUT2D eigenvalue weighted by atomic mass is 10.0. The van der Waals surface area contributed by atoms with Gasteiger partial charge in [-0.05, 0) is 44.7 Å². The molecule has 1 atom stereocenters. The Balaban J connectivity index is 1.99. The van der Waals surface area contributed by atoms with Gasteiger partial charge in [-0.2, -0.15) is 0 Å². The van der Waals surface area contributed by atoms with Crippen LogP contribution >= 0.6 is 9.24 Å². The van der Waals surface area contributed by atoms with E-state index >= 15 is 0 Å². The van der Waals surface area contributed by atoms with Crippen molar-refractivity contribution in [3.63, 3.8) is 0 Å². The SMILES string of the molecule is C[n+]1cc(C2CCCC2)n(C2CCCC2)c1CCP. The number of imidazole rings is 1. The van der Waals surface area contributed by atoms with Crippen molar-refractivity contribution < 1.29 is 4.57 Å². The van der Waals surface area contributed by atoms with Gasteiger partial charge in [0.25, 0.3) is 5.82 Å². The fourth-order valence-corrected chi connectivity index (χ4v) is 4.45. The summed E-state index contributed by atoms with van der Waals surface area (Å²) in [6.45, 7) is 0. The molecule has 2 fully saturated rings. The predicted molar refractivity (Wildman–Crippen MR) is 82.6 cm³/mol. The summed E-state index contributed by atoms with van der Waals surface area (Å²) in [6.07, 6.45) is 16.2. The first-order chi connectivity index (χ1) is 9.31. The summed E-state index contributed by atoms with van der Waals surface area (Å²) in [7, 11) is 5.14. The van der Waals surface area contributed by atoms with Crippen molar-refractivity contribution in [3.05, 3.63) is 17.7 Å². The molecule has 2 nitrogen and oxygen atoms in total. The minimum absolute atomic E-state index is 0.795. The molecule has 0 amide bonds. The molecular formula is C16H28N2P+. The van der Waals surface area contributed by atoms with Crippen molar-refractivity contribution in [2.45, 2.75) is 69.7 Å². The predicted octanol–water partition coefficient (Wildman–Crippen LogP) is 3.50. The third-order valence-corrected chi connectivity index (χ3v) is 5.41. The standard InChI is InChI=1S/C16H28N2P/c1-17-12-15(13-6-2-3-7-13)18(16(17)10-11-19)14-8-4-5-9-14/h12-14H,2-11,19H2,1H3/q+1. The Morgan fingerprint density at radius 3 is 2.42 bits per heavy atom. The van der Waals surface area contributed by atoms with Crippen molar-refractivity contribution in [1.29, 1.82) is 0 Å². The van der Waals surface area contributed by atoms with Gasteiger partial charge in [-0.15, -0.1) is 9.24 Å². The Labute approximate surface area is 119 Å². The maximum atomic E-state index is 2.89. The summed E-state index contributed by atoms with van der Waals surface area (Å²) >= 11 is 0. The third-order valence-electron chi connectivity index (χ3n) is 5.12. The second kappa shape index (κ2) is 5.95. The Kier molecular flexibility index (Phi) is 4.27. The minimum Gasteiger partial charge on any atom is -0.237 e. The molecule has 1 unspecified atom stereocenters. The molecule has 0 spiro atoms. The molecule has 0 bridgehead atoms. The Morgan fingerprint density at radius 2 is 1.79 bits per heavy atom. The van der Waals surface area contributed by atoms with Gasteiger partial charge in [-0.25, -0.2) is 9.13 Å². The summed E-state index contributed by atoms with van der Waals surface area (Å²) in [5.74, 6) is 2.40. The van der Waals surface area contributed by atoms with Gasteiger partial charge in [0.05, 0.1) is 13.5 Å². The van der Waals surface area contributed by atoms with E-state index in [2.05, 4.69) is 31.6 Å². The summed E-state index contributed by atoms with van der Waals surface area (Å²) in [6, 6.07) is 0.795. The number of nitrogens with zero attached hydrogens (tertiary/aromatic N) is 2. The van der Waals surface area contributed by atoms with E-state index in [4.69, 9.17) is 0 Å². The van der Waals surface area contributed by atoms with Crippen LogP contribution in [0, 0.1) is 0 Å². The van der Waals surface area contributed by atoms with E-state index in [-0.39, 0.29) is 0 Å². The molecule has 1 heterocycles. The lowest BCUT2D eigenvalue weighted by Gasteiger charge is -2.15. The summed E-state index contributed by atoms with van der Waals surface area (Å²) in [5, 5.41) is 0. The lowest BCUT2D eigenvalue weighted by molar-refractivity contribution is -0.678. The molecule has 3 rings (SSSR count). The van der Waals surface area contributed by atoms with Crippen molar-refractivity contribution in [2.75, 3.05) is 6.16 Å². The van der Waals surface area contributed by atoms with E-state index in [1.807, 2.05) is 0 Å². The van der Waals surface area contributed by atoms with Crippen molar-refractivity contribution in [2.24, 2.45) is 7.05 Å². The minimum atomic E-state index is 0.795. The maximum absolute atomic E-state index is 2.89. The smallest absolute Gasteiger partial charge is 0.237 e. The molecule has 1 aromatic heterocycles. The highest BCUT2D eigenvalue weighted by atomic mass is 31.0. The van der Waals surface area contributed by atoms with Crippen LogP contribution in [0.5, 0.6) is 0 Å². The van der Waals surface area contributed by atoms with Crippen LogP contribution in [0.2, 0.25) is 0 Å². The van der Waals surface area contributed by atoms with Crippen LogP contribution in [-0.2, 0) is 13.5 Å². The number of aromatic nitrogens is 2. The third kappa shape index (κ3) is 2.61. The first kappa shape index (κ1) is 13.6. The van der Waals surface area contributed by atoms with Gasteiger partial charge < -0.3 is 0 Å². The normalized spacial score (nSPS) is 21.6. The average molecular weight is 279 g/mol. The summed E-state index contributed by atoms with van der Waals surface area (Å²) in [5.41, 5.74) is 1.65. The zero-order valence-corrected chi connectivity index (χ0v) is 13.4. The molecule has 0 N–H and O–H groups in total. The molecule has 0 saturated heterocycles. The van der Waals surface area contributed by atoms with E-state index in [0.717, 1.165) is 12.0 Å². The van der Waals surface area contributed by atoms with Gasteiger partial charge in [0, 0.05) is 5.92 Å². The van der Waals surface area contributed by atoms with Crippen molar-refractivity contribution in [1.82, 2.24) is 4.57 Å². The van der Waals surface area contributed by atoms with Crippen LogP contribution in [0.25, 0.3) is 0 Å². The van der Waals surface area contributed by atoms with Crippen LogP contribution < -0.4 is 4.57 Å². The Bertz CT molecular complexity index is 426. The van der Waals surface area contributed by atoms with Crippen molar-refractivity contribution in [3.8, 4) is 0 Å². The largest absolute Gasteiger partial charge is 0.256 e. The highest BCUT2D eigenvalue weighted by Gasteiger charge is 2.34. The van der Waals surface area contributed by atoms with E-state index in [1.54, 1.807) is 11.5 Å². The highest BCUT2D eigenvalue weighted by molar-refractivity contribution is 7.16. The van der Waals surface area contributed by atoms with E-state index in [9.17, 15) is 0 Å². The van der Waals surface area contributed by atoms with E-state index < -0.39 is 0 Å². The lowest BCUT2D eigenvalue weighted by Crippen LogP contribution is -2.33. The number of hydrogen-bond donors (Lipinski definition) is 0. The van der Waals surface area contributed by atoms with Crippen LogP contribution in [0.3, 0.4) is 0 Å². The Hall–Kier alpha value is -0.360. The fraction of sp³-hybridized carbons (Fsp3) is 0.812. The van der Waals surface area contributed by atoms with Gasteiger partial charge in [-0.1, -0.05) is 12.8 Å². The van der Waals surface area contributed by atoms with Crippen LogP contribution in [-0.4, -0.2) is 10.7 Å². The average Bonchev–Trinajstić information content (AvgIpc) is 3.10. The molecule has 2 aliphatic rings. The van der Waals surface area contributed by atoms with Gasteiger partial charge in [-0.3, -0.25) is 0 Å². The second-order valence-electron chi connectivity index (χ2n) is 6.41. The monoisotopic (exact) mass is 279 g/mol. The number of rotatable bonds is 4. The van der Waals surface area contributed by atoms with Gasteiger partial charge in [0.1, 0.15) is 17.9 Å². The molecule has 1 aromatic rings. The molecule has 0 aromatic carbocycles. The maximum Gasteiger partial charge on any atom is 0.256 e. The zero-order chi connectivity index (χ0) is 13.2. The zero-order valence-electron chi connectivity index (χ0n) is 12.3. The number of hydrogen-bond acceptors (Lipinski definition) is 0. The molecule has 0 aliphatic heterocycles. The van der Waals surface area contributed by atoms with E-state index in [1.165, 1.54) is 63.9 Å². The van der Waals surface area contributed by atoms with Gasteiger partial charge >= 0.3 is 0 Å². The molecule has 106 valence electrons. The molecule has 3 heteroatoms. The van der Waals surface area contributed by atoms with E-state index in [0.29, 0.717) is 0 Å². The molecular weight excluding hydrogens is 251 g/mol. The van der Waals surface area contributed by atoms with Gasteiger partial charge in [0.15, 0.2) is 0 Å². The fourth-order valence-electron chi connectivity index (χ4n) is 4.19. The molecule has 2 aliphatic carbocycles. The first-order valence-electron chi connectivity index (χ1n) is 8.11.